The summed E-state index contributed by atoms with van der Waals surface area (Å²) in [6.07, 6.45) is 0. The van der Waals surface area contributed by atoms with Crippen molar-refractivity contribution >= 4 is 56.4 Å². The summed E-state index contributed by atoms with van der Waals surface area (Å²) in [6.45, 7) is 2.58. The lowest BCUT2D eigenvalue weighted by atomic mass is 10.2. The molecule has 1 aromatic heterocycles. The second kappa shape index (κ2) is 9.57. The molecule has 28 heavy (non-hydrogen) atoms. The Hall–Kier alpha value is -1.85. The number of amidine groups is 1. The van der Waals surface area contributed by atoms with Crippen molar-refractivity contribution in [3.05, 3.63) is 40.1 Å². The number of carbonyl (C=O) groups is 2. The number of benzene rings is 1. The van der Waals surface area contributed by atoms with Crippen molar-refractivity contribution < 1.29 is 9.59 Å². The zero-order valence-electron chi connectivity index (χ0n) is 15.3. The van der Waals surface area contributed by atoms with Crippen molar-refractivity contribution in [2.75, 3.05) is 18.1 Å². The van der Waals surface area contributed by atoms with Crippen molar-refractivity contribution in [3.8, 4) is 0 Å². The number of amides is 2. The van der Waals surface area contributed by atoms with Crippen LogP contribution in [0, 0.1) is 0 Å². The van der Waals surface area contributed by atoms with Crippen LogP contribution in [-0.4, -0.2) is 49.8 Å². The fourth-order valence-corrected chi connectivity index (χ4v) is 4.44. The van der Waals surface area contributed by atoms with Gasteiger partial charge in [-0.2, -0.15) is 0 Å². The first-order valence-corrected chi connectivity index (χ1v) is 11.3. The number of hydrogen-bond donors (Lipinski definition) is 2. The summed E-state index contributed by atoms with van der Waals surface area (Å²) in [5.74, 6) is 1.39. The van der Waals surface area contributed by atoms with Crippen molar-refractivity contribution in [2.24, 2.45) is 12.0 Å². The Balaban J connectivity index is 1.58. The minimum atomic E-state index is -0.343. The molecular weight excluding hydrogens is 464 g/mol. The third-order valence-corrected chi connectivity index (χ3v) is 6.49. The summed E-state index contributed by atoms with van der Waals surface area (Å²) in [6, 6.07) is 6.88. The summed E-state index contributed by atoms with van der Waals surface area (Å²) in [5, 5.41) is 15.3. The molecule has 1 aromatic carbocycles. The van der Waals surface area contributed by atoms with Gasteiger partial charge in [-0.15, -0.1) is 10.2 Å². The van der Waals surface area contributed by atoms with Crippen molar-refractivity contribution in [1.29, 1.82) is 0 Å². The smallest absolute Gasteiger partial charge is 0.253 e. The number of rotatable bonds is 6. The molecule has 3 rings (SSSR count). The van der Waals surface area contributed by atoms with E-state index in [4.69, 9.17) is 0 Å². The van der Waals surface area contributed by atoms with E-state index >= 15 is 0 Å². The highest BCUT2D eigenvalue weighted by Gasteiger charge is 2.20. The highest BCUT2D eigenvalue weighted by atomic mass is 79.9. The van der Waals surface area contributed by atoms with E-state index in [0.717, 1.165) is 16.8 Å². The Labute approximate surface area is 179 Å². The molecule has 148 valence electrons. The summed E-state index contributed by atoms with van der Waals surface area (Å²) >= 11 is 6.21. The van der Waals surface area contributed by atoms with Crippen LogP contribution in [0.5, 0.6) is 0 Å². The quantitative estimate of drug-likeness (QED) is 0.612. The molecule has 0 unspecified atom stereocenters. The first-order chi connectivity index (χ1) is 13.5. The zero-order valence-corrected chi connectivity index (χ0v) is 18.5. The Morgan fingerprint density at radius 3 is 2.86 bits per heavy atom. The van der Waals surface area contributed by atoms with E-state index in [9.17, 15) is 9.59 Å². The predicted molar refractivity (Wildman–Crippen MR) is 115 cm³/mol. The standard InChI is InChI=1S/C17H19BrN6O2S2/c1-10(20-15(26)11-5-3-4-6-12(11)18)14-22-23-17(24(14)2)28-9-13(25)21-16-19-7-8-27-16/h3-6,10H,7-9H2,1-2H3,(H,20,26)(H,19,21,25)/t10-/m1/s1. The van der Waals surface area contributed by atoms with Gasteiger partial charge in [0.1, 0.15) is 0 Å². The van der Waals surface area contributed by atoms with Crippen molar-refractivity contribution in [1.82, 2.24) is 25.4 Å². The molecule has 1 aliphatic heterocycles. The first kappa shape index (κ1) is 20.9. The molecule has 2 aromatic rings. The van der Waals surface area contributed by atoms with E-state index < -0.39 is 0 Å². The molecule has 0 saturated carbocycles. The maximum atomic E-state index is 12.5. The van der Waals surface area contributed by atoms with Crippen LogP contribution in [-0.2, 0) is 11.8 Å². The molecule has 11 heteroatoms. The average Bonchev–Trinajstić information content (AvgIpc) is 3.30. The van der Waals surface area contributed by atoms with Gasteiger partial charge in [-0.25, -0.2) is 0 Å². The second-order valence-electron chi connectivity index (χ2n) is 5.95. The van der Waals surface area contributed by atoms with E-state index in [1.54, 1.807) is 22.4 Å². The molecule has 0 bridgehead atoms. The van der Waals surface area contributed by atoms with Gasteiger partial charge in [-0.3, -0.25) is 14.6 Å². The molecule has 1 atom stereocenters. The zero-order chi connectivity index (χ0) is 20.1. The highest BCUT2D eigenvalue weighted by molar-refractivity contribution is 9.10. The Bertz CT molecular complexity index is 917. The van der Waals surface area contributed by atoms with Crippen molar-refractivity contribution in [2.45, 2.75) is 18.1 Å². The first-order valence-electron chi connectivity index (χ1n) is 8.50. The van der Waals surface area contributed by atoms with E-state index in [-0.39, 0.29) is 23.6 Å². The lowest BCUT2D eigenvalue weighted by Crippen LogP contribution is -2.29. The van der Waals surface area contributed by atoms with Gasteiger partial charge in [0, 0.05) is 17.3 Å². The molecule has 0 aliphatic carbocycles. The topological polar surface area (TPSA) is 101 Å². The Kier molecular flexibility index (Phi) is 7.13. The maximum absolute atomic E-state index is 12.5. The van der Waals surface area contributed by atoms with Crippen LogP contribution in [0.4, 0.5) is 0 Å². The number of hydrogen-bond acceptors (Lipinski definition) is 7. The molecular formula is C17H19BrN6O2S2. The number of carbonyl (C=O) groups excluding carboxylic acids is 2. The molecule has 0 spiro atoms. The summed E-state index contributed by atoms with van der Waals surface area (Å²) in [7, 11) is 1.81. The van der Waals surface area contributed by atoms with Crippen molar-refractivity contribution in [3.63, 3.8) is 0 Å². The number of aromatic nitrogens is 3. The van der Waals surface area contributed by atoms with Gasteiger partial charge in [-0.1, -0.05) is 35.7 Å². The number of nitrogens with one attached hydrogen (secondary N) is 2. The van der Waals surface area contributed by atoms with E-state index in [1.807, 2.05) is 32.2 Å². The molecule has 2 amide bonds. The van der Waals surface area contributed by atoms with Crippen LogP contribution in [0.3, 0.4) is 0 Å². The van der Waals surface area contributed by atoms with Crippen LogP contribution in [0.25, 0.3) is 0 Å². The van der Waals surface area contributed by atoms with Gasteiger partial charge in [0.15, 0.2) is 16.1 Å². The van der Waals surface area contributed by atoms with Gasteiger partial charge in [0.05, 0.1) is 23.9 Å². The van der Waals surface area contributed by atoms with Crippen LogP contribution in [0.1, 0.15) is 29.1 Å². The van der Waals surface area contributed by atoms with Crippen LogP contribution >= 0.6 is 39.5 Å². The third kappa shape index (κ3) is 5.15. The number of thioether (sulfide) groups is 2. The monoisotopic (exact) mass is 482 g/mol. The van der Waals surface area contributed by atoms with E-state index in [2.05, 4.69) is 41.8 Å². The predicted octanol–water partition coefficient (Wildman–Crippen LogP) is 2.38. The van der Waals surface area contributed by atoms with Crippen LogP contribution in [0.15, 0.2) is 38.9 Å². The highest BCUT2D eigenvalue weighted by Crippen LogP contribution is 2.21. The SMILES string of the molecule is C[C@@H](NC(=O)c1ccccc1Br)c1nnc(SCC(=O)NC2=NCCS2)n1C. The lowest BCUT2D eigenvalue weighted by molar-refractivity contribution is -0.117. The number of aliphatic imine (C=N–C) groups is 1. The molecule has 2 heterocycles. The third-order valence-electron chi connectivity index (χ3n) is 3.89. The normalized spacial score (nSPS) is 14.5. The molecule has 1 aliphatic rings. The van der Waals surface area contributed by atoms with Gasteiger partial charge >= 0.3 is 0 Å². The molecule has 0 fully saturated rings. The molecule has 0 radical (unpaired) electrons. The maximum Gasteiger partial charge on any atom is 0.253 e. The van der Waals surface area contributed by atoms with Crippen LogP contribution < -0.4 is 10.6 Å². The Morgan fingerprint density at radius 1 is 1.36 bits per heavy atom. The minimum absolute atomic E-state index is 0.127. The van der Waals surface area contributed by atoms with E-state index in [0.29, 0.717) is 21.7 Å². The summed E-state index contributed by atoms with van der Waals surface area (Å²) in [4.78, 5) is 28.7. The van der Waals surface area contributed by atoms with E-state index in [1.165, 1.54) is 11.8 Å². The summed E-state index contributed by atoms with van der Waals surface area (Å²) < 4.78 is 2.51. The second-order valence-corrected chi connectivity index (χ2v) is 8.83. The lowest BCUT2D eigenvalue weighted by Gasteiger charge is -2.14. The fourth-order valence-electron chi connectivity index (χ4n) is 2.51. The number of nitrogens with zero attached hydrogens (tertiary/aromatic N) is 4. The minimum Gasteiger partial charge on any atom is -0.342 e. The summed E-state index contributed by atoms with van der Waals surface area (Å²) in [5.41, 5.74) is 0.551. The molecule has 8 nitrogen and oxygen atoms in total. The fraction of sp³-hybridized carbons (Fsp3) is 0.353. The van der Waals surface area contributed by atoms with Gasteiger partial charge < -0.3 is 15.2 Å². The van der Waals surface area contributed by atoms with Crippen LogP contribution in [0.2, 0.25) is 0 Å². The molecule has 2 N–H and O–H groups in total. The van der Waals surface area contributed by atoms with Gasteiger partial charge in [0.25, 0.3) is 5.91 Å². The Morgan fingerprint density at radius 2 is 2.14 bits per heavy atom. The largest absolute Gasteiger partial charge is 0.342 e. The van der Waals surface area contributed by atoms with Gasteiger partial charge in [0.2, 0.25) is 5.91 Å². The molecule has 0 saturated heterocycles. The van der Waals surface area contributed by atoms with Gasteiger partial charge in [-0.05, 0) is 35.0 Å². The number of halogens is 1. The average molecular weight is 483 g/mol.